The van der Waals surface area contributed by atoms with Crippen LogP contribution in [0.4, 0.5) is 5.69 Å². The molecule has 0 saturated heterocycles. The standard InChI is InChI=1S/C19H22N2O6/c1-10-7-8-13(9-14(10)21(24)25)17-15(18(22)26-5)11(2)20(4)12(3)16(17)19(23)27-6/h7-9,17H,1-6H3. The summed E-state index contributed by atoms with van der Waals surface area (Å²) in [6.45, 7) is 5.10. The number of hydrogen-bond donors (Lipinski definition) is 0. The van der Waals surface area contributed by atoms with E-state index >= 15 is 0 Å². The Morgan fingerprint density at radius 3 is 1.93 bits per heavy atom. The molecular weight excluding hydrogens is 352 g/mol. The number of nitrogens with zero attached hydrogens (tertiary/aromatic N) is 2. The van der Waals surface area contributed by atoms with Gasteiger partial charge in [-0.15, -0.1) is 0 Å². The van der Waals surface area contributed by atoms with Gasteiger partial charge in [-0.2, -0.15) is 0 Å². The van der Waals surface area contributed by atoms with E-state index in [4.69, 9.17) is 9.47 Å². The number of nitro benzene ring substituents is 1. The second-order valence-electron chi connectivity index (χ2n) is 6.28. The van der Waals surface area contributed by atoms with Crippen LogP contribution < -0.4 is 0 Å². The Balaban J connectivity index is 2.83. The lowest BCUT2D eigenvalue weighted by molar-refractivity contribution is -0.385. The van der Waals surface area contributed by atoms with Crippen molar-refractivity contribution in [1.82, 2.24) is 4.90 Å². The molecule has 1 aromatic carbocycles. The third kappa shape index (κ3) is 3.42. The summed E-state index contributed by atoms with van der Waals surface area (Å²) in [5, 5.41) is 11.4. The molecule has 1 heterocycles. The van der Waals surface area contributed by atoms with Crippen LogP contribution in [-0.4, -0.2) is 43.0 Å². The number of benzene rings is 1. The quantitative estimate of drug-likeness (QED) is 0.454. The monoisotopic (exact) mass is 374 g/mol. The first-order valence-electron chi connectivity index (χ1n) is 8.22. The molecule has 0 atom stereocenters. The number of allylic oxidation sites excluding steroid dienone is 2. The molecule has 8 heteroatoms. The van der Waals surface area contributed by atoms with Crippen molar-refractivity contribution in [3.8, 4) is 0 Å². The normalized spacial score (nSPS) is 15.1. The molecule has 0 bridgehead atoms. The van der Waals surface area contributed by atoms with Gasteiger partial charge in [0.15, 0.2) is 0 Å². The minimum atomic E-state index is -0.833. The van der Waals surface area contributed by atoms with Gasteiger partial charge in [0.25, 0.3) is 5.69 Å². The molecule has 1 aliphatic heterocycles. The lowest BCUT2D eigenvalue weighted by Gasteiger charge is -2.35. The highest BCUT2D eigenvalue weighted by atomic mass is 16.6. The van der Waals surface area contributed by atoms with Crippen LogP contribution in [-0.2, 0) is 19.1 Å². The summed E-state index contributed by atoms with van der Waals surface area (Å²) in [6, 6.07) is 4.66. The molecule has 8 nitrogen and oxygen atoms in total. The Bertz CT molecular complexity index is 844. The number of ether oxygens (including phenoxy) is 2. The zero-order chi connectivity index (χ0) is 20.5. The van der Waals surface area contributed by atoms with Crippen LogP contribution in [0.1, 0.15) is 30.9 Å². The minimum absolute atomic E-state index is 0.0878. The molecule has 144 valence electrons. The van der Waals surface area contributed by atoms with Gasteiger partial charge in [0, 0.05) is 30.1 Å². The Hall–Kier alpha value is -3.16. The first kappa shape index (κ1) is 20.2. The van der Waals surface area contributed by atoms with E-state index in [0.29, 0.717) is 22.5 Å². The van der Waals surface area contributed by atoms with Crippen molar-refractivity contribution in [3.05, 3.63) is 62.0 Å². The van der Waals surface area contributed by atoms with E-state index in [1.165, 1.54) is 20.3 Å². The molecule has 0 radical (unpaired) electrons. The number of esters is 2. The van der Waals surface area contributed by atoms with E-state index in [1.54, 1.807) is 44.9 Å². The molecular formula is C19H22N2O6. The van der Waals surface area contributed by atoms with Crippen LogP contribution in [0, 0.1) is 17.0 Å². The van der Waals surface area contributed by atoms with Crippen molar-refractivity contribution in [2.75, 3.05) is 21.3 Å². The van der Waals surface area contributed by atoms with Crippen LogP contribution in [0.5, 0.6) is 0 Å². The lowest BCUT2D eigenvalue weighted by atomic mass is 9.79. The molecule has 1 aliphatic rings. The Labute approximate surface area is 157 Å². The number of nitro groups is 1. The van der Waals surface area contributed by atoms with E-state index in [0.717, 1.165) is 0 Å². The van der Waals surface area contributed by atoms with Gasteiger partial charge in [0.1, 0.15) is 0 Å². The molecule has 0 aliphatic carbocycles. The molecule has 1 aromatic rings. The maximum atomic E-state index is 12.5. The average molecular weight is 374 g/mol. The fraction of sp³-hybridized carbons (Fsp3) is 0.368. The van der Waals surface area contributed by atoms with Crippen molar-refractivity contribution >= 4 is 17.6 Å². The van der Waals surface area contributed by atoms with E-state index in [1.807, 2.05) is 0 Å². The number of aryl methyl sites for hydroxylation is 1. The molecule has 0 N–H and O–H groups in total. The zero-order valence-electron chi connectivity index (χ0n) is 16.2. The highest BCUT2D eigenvalue weighted by Gasteiger charge is 2.39. The van der Waals surface area contributed by atoms with Gasteiger partial charge in [0.05, 0.1) is 36.2 Å². The third-order valence-corrected chi connectivity index (χ3v) is 4.94. The van der Waals surface area contributed by atoms with Crippen LogP contribution in [0.15, 0.2) is 40.7 Å². The van der Waals surface area contributed by atoms with Crippen molar-refractivity contribution in [1.29, 1.82) is 0 Å². The maximum Gasteiger partial charge on any atom is 0.336 e. The fourth-order valence-corrected chi connectivity index (χ4v) is 3.26. The first-order valence-corrected chi connectivity index (χ1v) is 8.22. The molecule has 0 spiro atoms. The first-order chi connectivity index (χ1) is 12.6. The topological polar surface area (TPSA) is 99.0 Å². The van der Waals surface area contributed by atoms with Gasteiger partial charge < -0.3 is 14.4 Å². The molecule has 0 amide bonds. The van der Waals surface area contributed by atoms with Gasteiger partial charge in [-0.1, -0.05) is 12.1 Å². The zero-order valence-corrected chi connectivity index (χ0v) is 16.2. The molecule has 2 rings (SSSR count). The largest absolute Gasteiger partial charge is 0.466 e. The summed E-state index contributed by atoms with van der Waals surface area (Å²) < 4.78 is 9.85. The SMILES string of the molecule is COC(=O)C1=C(C)N(C)C(C)=C(C(=O)OC)C1c1ccc(C)c([N+](=O)[O-])c1. The number of carbonyl (C=O) groups is 2. The highest BCUT2D eigenvalue weighted by Crippen LogP contribution is 2.43. The molecule has 0 aromatic heterocycles. The van der Waals surface area contributed by atoms with Gasteiger partial charge in [-0.25, -0.2) is 9.59 Å². The Kier molecular flexibility index (Phi) is 5.68. The van der Waals surface area contributed by atoms with Gasteiger partial charge >= 0.3 is 11.9 Å². The van der Waals surface area contributed by atoms with E-state index < -0.39 is 22.8 Å². The van der Waals surface area contributed by atoms with Crippen LogP contribution in [0.3, 0.4) is 0 Å². The average Bonchev–Trinajstić information content (AvgIpc) is 2.65. The predicted molar refractivity (Wildman–Crippen MR) is 97.8 cm³/mol. The van der Waals surface area contributed by atoms with Gasteiger partial charge in [0.2, 0.25) is 0 Å². The summed E-state index contributed by atoms with van der Waals surface area (Å²) in [6.07, 6.45) is 0. The van der Waals surface area contributed by atoms with E-state index in [9.17, 15) is 19.7 Å². The van der Waals surface area contributed by atoms with Crippen molar-refractivity contribution in [3.63, 3.8) is 0 Å². The number of rotatable bonds is 4. The van der Waals surface area contributed by atoms with Crippen LogP contribution in [0.2, 0.25) is 0 Å². The summed E-state index contributed by atoms with van der Waals surface area (Å²) in [4.78, 5) is 37.7. The minimum Gasteiger partial charge on any atom is -0.466 e. The number of hydrogen-bond acceptors (Lipinski definition) is 7. The Morgan fingerprint density at radius 2 is 1.52 bits per heavy atom. The second-order valence-corrected chi connectivity index (χ2v) is 6.28. The van der Waals surface area contributed by atoms with Crippen molar-refractivity contribution in [2.45, 2.75) is 26.7 Å². The highest BCUT2D eigenvalue weighted by molar-refractivity contribution is 5.99. The maximum absolute atomic E-state index is 12.5. The summed E-state index contributed by atoms with van der Waals surface area (Å²) in [5.41, 5.74) is 2.51. The van der Waals surface area contributed by atoms with E-state index in [2.05, 4.69) is 0 Å². The second kappa shape index (κ2) is 7.61. The molecule has 27 heavy (non-hydrogen) atoms. The summed E-state index contributed by atoms with van der Waals surface area (Å²) >= 11 is 0. The molecule has 0 saturated carbocycles. The number of carbonyl (C=O) groups excluding carboxylic acids is 2. The van der Waals surface area contributed by atoms with E-state index in [-0.39, 0.29) is 16.8 Å². The lowest BCUT2D eigenvalue weighted by Crippen LogP contribution is -2.33. The Morgan fingerprint density at radius 1 is 1.04 bits per heavy atom. The van der Waals surface area contributed by atoms with Gasteiger partial charge in [-0.3, -0.25) is 10.1 Å². The van der Waals surface area contributed by atoms with Crippen LogP contribution in [0.25, 0.3) is 0 Å². The fourth-order valence-electron chi connectivity index (χ4n) is 3.26. The van der Waals surface area contributed by atoms with Gasteiger partial charge in [-0.05, 0) is 26.3 Å². The number of methoxy groups -OCH3 is 2. The predicted octanol–water partition coefficient (Wildman–Crippen LogP) is 2.83. The molecule has 0 fully saturated rings. The summed E-state index contributed by atoms with van der Waals surface area (Å²) in [7, 11) is 4.23. The smallest absolute Gasteiger partial charge is 0.336 e. The van der Waals surface area contributed by atoms with Crippen molar-refractivity contribution < 1.29 is 24.0 Å². The molecule has 0 unspecified atom stereocenters. The van der Waals surface area contributed by atoms with Crippen LogP contribution >= 0.6 is 0 Å². The van der Waals surface area contributed by atoms with Crippen molar-refractivity contribution in [2.24, 2.45) is 0 Å². The third-order valence-electron chi connectivity index (χ3n) is 4.94. The summed E-state index contributed by atoms with van der Waals surface area (Å²) in [5.74, 6) is -2.05.